The quantitative estimate of drug-likeness (QED) is 0.496. The first kappa shape index (κ1) is 22.7. The number of ether oxygens (including phenoxy) is 1. The molecule has 6 aliphatic rings. The number of aliphatic carboxylic acids is 1. The minimum Gasteiger partial charge on any atom is -0.480 e. The molecule has 33 heavy (non-hydrogen) atoms. The number of carboxylic acid groups (broad SMARTS) is 1. The van der Waals surface area contributed by atoms with Crippen LogP contribution < -0.4 is 5.32 Å². The van der Waals surface area contributed by atoms with Gasteiger partial charge in [0.1, 0.15) is 6.04 Å². The molecule has 6 fully saturated rings. The zero-order valence-corrected chi connectivity index (χ0v) is 20.0. The molecule has 2 saturated heterocycles. The van der Waals surface area contributed by atoms with Crippen molar-refractivity contribution in [1.82, 2.24) is 10.2 Å². The first-order valence-electron chi connectivity index (χ1n) is 13.6. The molecule has 7 nitrogen and oxygen atoms in total. The fraction of sp³-hybridized carbons (Fsp3) is 0.962. The molecule has 0 radical (unpaired) electrons. The third-order valence-corrected chi connectivity index (χ3v) is 11.0. The smallest absolute Gasteiger partial charge is 0.320 e. The van der Waals surface area contributed by atoms with E-state index in [2.05, 4.69) is 17.3 Å². The second kappa shape index (κ2) is 8.16. The number of aliphatic hydroxyl groups is 2. The molecule has 0 amide bonds. The van der Waals surface area contributed by atoms with Crippen molar-refractivity contribution in [2.75, 3.05) is 13.6 Å². The number of likely N-dealkylation sites (N-methyl/N-ethyl adjacent to an activating group) is 1. The predicted octanol–water partition coefficient (Wildman–Crippen LogP) is 2.14. The molecule has 4 aliphatic carbocycles. The standard InChI is InChI=1S/C26H42N2O5/c1-28-12-11-25-21-16-7-8-19(29)22(21)33-23(25)17(9-10-26(25,32)20(28)14-16)27-18(24(30)31)13-15-5-3-2-4-6-15/h15-23,27,29,32H,2-14H2,1H3,(H,30,31)/t16?,17-,18+,19?,20?,21?,22?,23+,25+,26-/m1/s1. The maximum Gasteiger partial charge on any atom is 0.320 e. The van der Waals surface area contributed by atoms with Crippen LogP contribution in [0.4, 0.5) is 0 Å². The Balaban J connectivity index is 1.31. The second-order valence-corrected chi connectivity index (χ2v) is 12.3. The molecular weight excluding hydrogens is 420 g/mol. The van der Waals surface area contributed by atoms with Crippen LogP contribution >= 0.6 is 0 Å². The van der Waals surface area contributed by atoms with Crippen LogP contribution in [0.3, 0.4) is 0 Å². The summed E-state index contributed by atoms with van der Waals surface area (Å²) in [4.78, 5) is 14.6. The van der Waals surface area contributed by atoms with E-state index in [0.29, 0.717) is 24.7 Å². The second-order valence-electron chi connectivity index (χ2n) is 12.3. The van der Waals surface area contributed by atoms with Gasteiger partial charge in [-0.25, -0.2) is 0 Å². The molecule has 6 rings (SSSR count). The highest BCUT2D eigenvalue weighted by Gasteiger charge is 2.77. The lowest BCUT2D eigenvalue weighted by molar-refractivity contribution is -0.257. The minimum absolute atomic E-state index is 0.0874. The molecule has 0 aromatic rings. The van der Waals surface area contributed by atoms with E-state index >= 15 is 0 Å². The van der Waals surface area contributed by atoms with E-state index in [9.17, 15) is 20.1 Å². The van der Waals surface area contributed by atoms with Gasteiger partial charge in [-0.15, -0.1) is 0 Å². The largest absolute Gasteiger partial charge is 0.480 e. The van der Waals surface area contributed by atoms with Gasteiger partial charge in [-0.3, -0.25) is 10.1 Å². The summed E-state index contributed by atoms with van der Waals surface area (Å²) in [6, 6.07) is -0.528. The van der Waals surface area contributed by atoms with E-state index < -0.39 is 23.7 Å². The molecule has 186 valence electrons. The van der Waals surface area contributed by atoms with Gasteiger partial charge in [0.2, 0.25) is 0 Å². The van der Waals surface area contributed by atoms with Gasteiger partial charge in [-0.05, 0) is 70.4 Å². The summed E-state index contributed by atoms with van der Waals surface area (Å²) in [7, 11) is 2.14. The summed E-state index contributed by atoms with van der Waals surface area (Å²) in [6.07, 6.45) is 10.7. The summed E-state index contributed by atoms with van der Waals surface area (Å²) in [5, 5.41) is 36.9. The van der Waals surface area contributed by atoms with Gasteiger partial charge in [0.05, 0.1) is 23.9 Å². The highest BCUT2D eigenvalue weighted by atomic mass is 16.5. The lowest BCUT2D eigenvalue weighted by Crippen LogP contribution is -2.78. The Morgan fingerprint density at radius 1 is 1.15 bits per heavy atom. The molecular formula is C26H42N2O5. The third kappa shape index (κ3) is 3.22. The van der Waals surface area contributed by atoms with Crippen LogP contribution in [0.1, 0.15) is 77.0 Å². The first-order valence-corrected chi connectivity index (χ1v) is 13.6. The Morgan fingerprint density at radius 3 is 2.70 bits per heavy atom. The highest BCUT2D eigenvalue weighted by Crippen LogP contribution is 2.69. The zero-order valence-electron chi connectivity index (χ0n) is 20.0. The monoisotopic (exact) mass is 462 g/mol. The molecule has 4 saturated carbocycles. The van der Waals surface area contributed by atoms with Crippen LogP contribution in [0.2, 0.25) is 0 Å². The van der Waals surface area contributed by atoms with Crippen LogP contribution in [0.15, 0.2) is 0 Å². The molecule has 10 atom stereocenters. The maximum absolute atomic E-state index is 12.3. The Labute approximate surface area is 197 Å². The van der Waals surface area contributed by atoms with Crippen molar-refractivity contribution >= 4 is 5.97 Å². The van der Waals surface area contributed by atoms with E-state index in [4.69, 9.17) is 4.74 Å². The van der Waals surface area contributed by atoms with E-state index in [0.717, 1.165) is 51.5 Å². The number of nitrogens with zero attached hydrogens (tertiary/aromatic N) is 1. The highest BCUT2D eigenvalue weighted by molar-refractivity contribution is 5.73. The van der Waals surface area contributed by atoms with E-state index in [1.807, 2.05) is 0 Å². The van der Waals surface area contributed by atoms with Crippen LogP contribution in [0.5, 0.6) is 0 Å². The van der Waals surface area contributed by atoms with Crippen molar-refractivity contribution in [3.63, 3.8) is 0 Å². The summed E-state index contributed by atoms with van der Waals surface area (Å²) in [5.41, 5.74) is -1.21. The fourth-order valence-corrected chi connectivity index (χ4v) is 9.59. The van der Waals surface area contributed by atoms with Gasteiger partial charge >= 0.3 is 5.97 Å². The van der Waals surface area contributed by atoms with Crippen molar-refractivity contribution in [2.24, 2.45) is 23.2 Å². The Hall–Kier alpha value is -0.730. The van der Waals surface area contributed by atoms with Crippen molar-refractivity contribution < 1.29 is 24.9 Å². The molecule has 7 heteroatoms. The average Bonchev–Trinajstić information content (AvgIpc) is 3.16. The molecule has 2 aliphatic heterocycles. The Bertz CT molecular complexity index is 774. The Morgan fingerprint density at radius 2 is 1.94 bits per heavy atom. The van der Waals surface area contributed by atoms with E-state index in [1.165, 1.54) is 19.3 Å². The normalized spacial score (nSPS) is 50.6. The maximum atomic E-state index is 12.3. The van der Waals surface area contributed by atoms with Crippen LogP contribution in [0.25, 0.3) is 0 Å². The van der Waals surface area contributed by atoms with Crippen molar-refractivity contribution in [3.8, 4) is 0 Å². The van der Waals surface area contributed by atoms with Gasteiger partial charge in [0.25, 0.3) is 0 Å². The lowest BCUT2D eigenvalue weighted by atomic mass is 9.42. The number of hydrogen-bond acceptors (Lipinski definition) is 6. The number of nitrogens with one attached hydrogen (secondary N) is 1. The van der Waals surface area contributed by atoms with Crippen molar-refractivity contribution in [2.45, 2.75) is 119 Å². The van der Waals surface area contributed by atoms with Gasteiger partial charge in [-0.1, -0.05) is 32.1 Å². The van der Waals surface area contributed by atoms with Gasteiger partial charge in [0, 0.05) is 23.4 Å². The van der Waals surface area contributed by atoms with Crippen molar-refractivity contribution in [1.29, 1.82) is 0 Å². The van der Waals surface area contributed by atoms with Gasteiger partial charge < -0.3 is 25.0 Å². The SMILES string of the molecule is CN1CC[C@]23C4C5CCC(O)C4O[C@H]2[C@H](N[C@@H](CC2CCCCC2)C(=O)O)CC[C@@]3(O)C1C5. The number of hydrogen-bond donors (Lipinski definition) is 4. The summed E-state index contributed by atoms with van der Waals surface area (Å²) in [6.45, 7) is 0.927. The third-order valence-electron chi connectivity index (χ3n) is 11.0. The zero-order chi connectivity index (χ0) is 23.0. The number of rotatable bonds is 5. The fourth-order valence-electron chi connectivity index (χ4n) is 9.59. The summed E-state index contributed by atoms with van der Waals surface area (Å²) >= 11 is 0. The molecule has 0 aromatic carbocycles. The summed E-state index contributed by atoms with van der Waals surface area (Å²) in [5.74, 6) is 0.351. The lowest BCUT2D eigenvalue weighted by Gasteiger charge is -2.68. The predicted molar refractivity (Wildman–Crippen MR) is 123 cm³/mol. The van der Waals surface area contributed by atoms with Crippen LogP contribution in [0, 0.1) is 23.2 Å². The number of carboxylic acids is 1. The molecule has 1 spiro atoms. The molecule has 2 bridgehead atoms. The van der Waals surface area contributed by atoms with E-state index in [1.54, 1.807) is 0 Å². The number of piperidine rings is 1. The van der Waals surface area contributed by atoms with Gasteiger partial charge in [-0.2, -0.15) is 0 Å². The number of carbonyl (C=O) groups is 1. The molecule has 0 aromatic heterocycles. The number of likely N-dealkylation sites (tertiary alicyclic amines) is 1. The molecule has 5 unspecified atom stereocenters. The van der Waals surface area contributed by atoms with Gasteiger partial charge in [0.15, 0.2) is 0 Å². The molecule has 2 heterocycles. The topological polar surface area (TPSA) is 102 Å². The minimum atomic E-state index is -0.822. The average molecular weight is 463 g/mol. The van der Waals surface area contributed by atoms with Crippen LogP contribution in [-0.4, -0.2) is 81.8 Å². The summed E-state index contributed by atoms with van der Waals surface area (Å²) < 4.78 is 6.74. The first-order chi connectivity index (χ1) is 15.8. The Kier molecular flexibility index (Phi) is 5.61. The van der Waals surface area contributed by atoms with Crippen LogP contribution in [-0.2, 0) is 9.53 Å². The molecule has 4 N–H and O–H groups in total. The van der Waals surface area contributed by atoms with Crippen molar-refractivity contribution in [3.05, 3.63) is 0 Å². The number of aliphatic hydroxyl groups excluding tert-OH is 1. The van der Waals surface area contributed by atoms with E-state index in [-0.39, 0.29) is 35.6 Å².